The number of fused-ring (bicyclic) bond motifs is 2. The van der Waals surface area contributed by atoms with Crippen LogP contribution in [0.1, 0.15) is 60.1 Å². The van der Waals surface area contributed by atoms with E-state index in [-0.39, 0.29) is 33.8 Å². The van der Waals surface area contributed by atoms with Crippen molar-refractivity contribution in [2.45, 2.75) is 89.5 Å². The number of anilines is 3. The number of hydrogen-bond donors (Lipinski definition) is 2. The molecule has 2 aliphatic rings. The summed E-state index contributed by atoms with van der Waals surface area (Å²) in [6.45, 7) is 19.0. The van der Waals surface area contributed by atoms with Gasteiger partial charge in [-0.3, -0.25) is 14.4 Å². The number of nitrogens with one attached hydrogen (secondary N) is 2. The van der Waals surface area contributed by atoms with Crippen LogP contribution in [0.15, 0.2) is 65.6 Å². The van der Waals surface area contributed by atoms with Gasteiger partial charge in [-0.25, -0.2) is 23.2 Å². The van der Waals surface area contributed by atoms with Crippen molar-refractivity contribution in [3.63, 3.8) is 0 Å². The predicted molar refractivity (Wildman–Crippen MR) is 230 cm³/mol. The number of methoxy groups -OCH3 is 1. The molecule has 0 spiro atoms. The smallest absolute Gasteiger partial charge is 0.411 e. The lowest BCUT2D eigenvalue weighted by atomic mass is 9.95. The summed E-state index contributed by atoms with van der Waals surface area (Å²) in [4.78, 5) is 32.5. The molecule has 16 nitrogen and oxygen atoms in total. The molecule has 324 valence electrons. The lowest BCUT2D eigenvalue weighted by Gasteiger charge is -2.26. The molecular weight excluding hydrogens is 791 g/mol. The van der Waals surface area contributed by atoms with Crippen LogP contribution in [0.2, 0.25) is 0 Å². The number of imidazole rings is 2. The molecule has 2 N–H and O–H groups in total. The molecular formula is C43H57N7O9S. The summed E-state index contributed by atoms with van der Waals surface area (Å²) in [5.74, 6) is 1.66. The van der Waals surface area contributed by atoms with Gasteiger partial charge in [-0.1, -0.05) is 41.5 Å². The minimum absolute atomic E-state index is 0.0140. The number of nitrogens with zero attached hydrogens (tertiary/aromatic N) is 5. The van der Waals surface area contributed by atoms with Crippen molar-refractivity contribution in [3.05, 3.63) is 72.3 Å². The molecule has 7 rings (SSSR count). The minimum atomic E-state index is -3.81. The Bertz CT molecular complexity index is 2400. The molecule has 4 heterocycles. The monoisotopic (exact) mass is 847 g/mol. The topological polar surface area (TPSA) is 177 Å². The van der Waals surface area contributed by atoms with Gasteiger partial charge in [0.25, 0.3) is 10.0 Å². The summed E-state index contributed by atoms with van der Waals surface area (Å²) in [7, 11) is -0.950. The number of hydrogen-bond acceptors (Lipinski definition) is 11. The number of amides is 2. The molecule has 0 aliphatic carbocycles. The van der Waals surface area contributed by atoms with E-state index >= 15 is 0 Å². The fraction of sp³-hybridized carbons (Fsp3) is 0.488. The van der Waals surface area contributed by atoms with Gasteiger partial charge in [0, 0.05) is 36.2 Å². The number of carbonyl (C=O) groups excluding carboxylic acids is 2. The Hall–Kier alpha value is -5.07. The van der Waals surface area contributed by atoms with E-state index in [1.54, 1.807) is 24.3 Å². The van der Waals surface area contributed by atoms with Crippen LogP contribution in [0.4, 0.5) is 21.9 Å². The second-order valence-electron chi connectivity index (χ2n) is 16.9. The molecule has 2 fully saturated rings. The Labute approximate surface area is 351 Å². The zero-order valence-electron chi connectivity index (χ0n) is 35.9. The fourth-order valence-electron chi connectivity index (χ4n) is 7.11. The van der Waals surface area contributed by atoms with Crippen LogP contribution in [-0.4, -0.2) is 106 Å². The summed E-state index contributed by atoms with van der Waals surface area (Å²) in [5.41, 5.74) is 4.82. The molecule has 17 heteroatoms. The van der Waals surface area contributed by atoms with Gasteiger partial charge in [0.2, 0.25) is 5.91 Å². The van der Waals surface area contributed by atoms with Crippen molar-refractivity contribution >= 4 is 61.2 Å². The van der Waals surface area contributed by atoms with E-state index in [4.69, 9.17) is 28.9 Å². The highest BCUT2D eigenvalue weighted by Crippen LogP contribution is 2.32. The average Bonchev–Trinajstić information content (AvgIpc) is 3.76. The van der Waals surface area contributed by atoms with E-state index in [1.807, 2.05) is 24.3 Å². The number of aromatic nitrogens is 4. The molecule has 2 aliphatic heterocycles. The van der Waals surface area contributed by atoms with E-state index in [2.05, 4.69) is 66.0 Å². The second kappa shape index (κ2) is 18.3. The quantitative estimate of drug-likeness (QED) is 0.166. The van der Waals surface area contributed by atoms with Crippen molar-refractivity contribution in [2.24, 2.45) is 0 Å². The van der Waals surface area contributed by atoms with Gasteiger partial charge >= 0.3 is 6.09 Å². The molecule has 0 radical (unpaired) electrons. The summed E-state index contributed by atoms with van der Waals surface area (Å²) in [6.07, 6.45) is -0.548. The van der Waals surface area contributed by atoms with Gasteiger partial charge in [-0.05, 0) is 60.7 Å². The lowest BCUT2D eigenvalue weighted by molar-refractivity contribution is -0.114. The van der Waals surface area contributed by atoms with Crippen LogP contribution in [0.5, 0.6) is 0 Å². The highest BCUT2D eigenvalue weighted by Gasteiger charge is 2.29. The second-order valence-corrected chi connectivity index (χ2v) is 18.9. The van der Waals surface area contributed by atoms with E-state index in [9.17, 15) is 18.0 Å². The van der Waals surface area contributed by atoms with Gasteiger partial charge in [0.1, 0.15) is 11.6 Å². The molecule has 2 unspecified atom stereocenters. The highest BCUT2D eigenvalue weighted by atomic mass is 32.2. The first-order chi connectivity index (χ1) is 28.3. The zero-order valence-corrected chi connectivity index (χ0v) is 36.7. The molecule has 3 aromatic carbocycles. The Morgan fingerprint density at radius 3 is 1.72 bits per heavy atom. The minimum Gasteiger partial charge on any atom is -0.453 e. The largest absolute Gasteiger partial charge is 0.453 e. The maximum Gasteiger partial charge on any atom is 0.411 e. The van der Waals surface area contributed by atoms with Crippen molar-refractivity contribution in [1.29, 1.82) is 0 Å². The van der Waals surface area contributed by atoms with Gasteiger partial charge in [0.15, 0.2) is 0 Å². The van der Waals surface area contributed by atoms with E-state index in [0.29, 0.717) is 75.3 Å². The van der Waals surface area contributed by atoms with E-state index in [0.717, 1.165) is 28.2 Å². The van der Waals surface area contributed by atoms with Crippen molar-refractivity contribution in [3.8, 4) is 0 Å². The normalized spacial score (nSPS) is 17.5. The first-order valence-electron chi connectivity index (χ1n) is 20.0. The molecule has 5 aromatic rings. The number of rotatable bonds is 9. The van der Waals surface area contributed by atoms with Gasteiger partial charge in [-0.15, -0.1) is 0 Å². The number of sulfonamides is 1. The SMILES string of the molecule is CC(=O)Nc1ccc(S(=O)(=O)N(C)c2ccc3c(c2)nc(C(C)(C)C)n3CC2COCCO2)cc1.COC(=O)Nc1ccc2c(c1)nc(C(C)(C)C)n2CC1COCCO1. The molecule has 0 bridgehead atoms. The third kappa shape index (κ3) is 10.4. The third-order valence-corrected chi connectivity index (χ3v) is 11.8. The Morgan fingerprint density at radius 2 is 1.25 bits per heavy atom. The first kappa shape index (κ1) is 44.5. The van der Waals surface area contributed by atoms with E-state index in [1.165, 1.54) is 37.5 Å². The fourth-order valence-corrected chi connectivity index (χ4v) is 8.29. The number of carbonyl (C=O) groups is 2. The van der Waals surface area contributed by atoms with Crippen LogP contribution >= 0.6 is 0 Å². The molecule has 2 aromatic heterocycles. The van der Waals surface area contributed by atoms with Gasteiger partial charge < -0.3 is 38.1 Å². The maximum absolute atomic E-state index is 13.3. The zero-order chi connectivity index (χ0) is 43.4. The molecule has 2 atom stereocenters. The predicted octanol–water partition coefficient (Wildman–Crippen LogP) is 6.46. The standard InChI is InChI=1S/C25H32N4O5S.C18H25N3O4/c1-17(30)26-18-6-9-21(10-7-18)35(31,32)28(5)19-8-11-23-22(14-19)27-24(25(2,3)4)29(23)15-20-16-33-12-13-34-20;1-18(2,3)16-20-14-9-12(19-17(22)23-4)5-6-15(14)21(16)10-13-11-24-7-8-25-13/h6-11,14,20H,12-13,15-16H2,1-5H3,(H,26,30);5-6,9,13H,7-8,10-11H2,1-4H3,(H,19,22). The number of benzene rings is 3. The van der Waals surface area contributed by atoms with Gasteiger partial charge in [-0.2, -0.15) is 0 Å². The average molecular weight is 848 g/mol. The first-order valence-corrected chi connectivity index (χ1v) is 21.4. The summed E-state index contributed by atoms with van der Waals surface area (Å²) in [6, 6.07) is 17.3. The van der Waals surface area contributed by atoms with Crippen molar-refractivity contribution in [1.82, 2.24) is 19.1 Å². The van der Waals surface area contributed by atoms with Crippen molar-refractivity contribution in [2.75, 3.05) is 68.7 Å². The molecule has 0 saturated carbocycles. The van der Waals surface area contributed by atoms with Gasteiger partial charge in [0.05, 0.1) is 105 Å². The number of ether oxygens (including phenoxy) is 5. The Kier molecular flexibility index (Phi) is 13.5. The van der Waals surface area contributed by atoms with Crippen molar-refractivity contribution < 1.29 is 41.7 Å². The highest BCUT2D eigenvalue weighted by molar-refractivity contribution is 7.92. The Morgan fingerprint density at radius 1 is 0.750 bits per heavy atom. The van der Waals surface area contributed by atoms with Crippen LogP contribution in [0.3, 0.4) is 0 Å². The maximum atomic E-state index is 13.3. The Balaban J connectivity index is 0.000000213. The molecule has 2 amide bonds. The van der Waals surface area contributed by atoms with Crippen LogP contribution in [0.25, 0.3) is 22.1 Å². The van der Waals surface area contributed by atoms with Crippen LogP contribution in [0, 0.1) is 0 Å². The summed E-state index contributed by atoms with van der Waals surface area (Å²) < 4.78 is 59.6. The molecule has 60 heavy (non-hydrogen) atoms. The summed E-state index contributed by atoms with van der Waals surface area (Å²) >= 11 is 0. The van der Waals surface area contributed by atoms with Crippen LogP contribution in [-0.2, 0) is 62.4 Å². The molecule has 2 saturated heterocycles. The van der Waals surface area contributed by atoms with Crippen LogP contribution < -0.4 is 14.9 Å². The van der Waals surface area contributed by atoms with E-state index < -0.39 is 16.1 Å². The lowest BCUT2D eigenvalue weighted by Crippen LogP contribution is -2.33. The third-order valence-electron chi connectivity index (χ3n) is 9.99. The summed E-state index contributed by atoms with van der Waals surface area (Å²) in [5, 5.41) is 5.32.